The first-order valence-corrected chi connectivity index (χ1v) is 6.86. The average Bonchev–Trinajstić information content (AvgIpc) is 2.55. The first-order chi connectivity index (χ1) is 11.0. The SMILES string of the molecule is C=CC(=O)OCCOC(=O)c1ccccc1C(=O)OCC(C)O. The van der Waals surface area contributed by atoms with Gasteiger partial charge in [-0.25, -0.2) is 14.4 Å². The minimum Gasteiger partial charge on any atom is -0.459 e. The van der Waals surface area contributed by atoms with Gasteiger partial charge in [-0.15, -0.1) is 0 Å². The van der Waals surface area contributed by atoms with E-state index in [-0.39, 0.29) is 30.9 Å². The zero-order valence-electron chi connectivity index (χ0n) is 12.7. The molecule has 0 saturated heterocycles. The summed E-state index contributed by atoms with van der Waals surface area (Å²) < 4.78 is 14.5. The predicted molar refractivity (Wildman–Crippen MR) is 79.8 cm³/mol. The van der Waals surface area contributed by atoms with E-state index in [4.69, 9.17) is 14.6 Å². The van der Waals surface area contributed by atoms with E-state index in [0.29, 0.717) is 0 Å². The number of aliphatic hydroxyl groups is 1. The van der Waals surface area contributed by atoms with Gasteiger partial charge in [0, 0.05) is 6.08 Å². The van der Waals surface area contributed by atoms with Gasteiger partial charge in [0.1, 0.15) is 19.8 Å². The molecule has 1 atom stereocenters. The normalized spacial score (nSPS) is 11.2. The zero-order valence-corrected chi connectivity index (χ0v) is 12.7. The Balaban J connectivity index is 2.64. The van der Waals surface area contributed by atoms with Crippen molar-refractivity contribution in [3.05, 3.63) is 48.0 Å². The van der Waals surface area contributed by atoms with Crippen LogP contribution in [-0.4, -0.2) is 48.9 Å². The van der Waals surface area contributed by atoms with Crippen LogP contribution in [-0.2, 0) is 19.0 Å². The van der Waals surface area contributed by atoms with Crippen LogP contribution in [0, 0.1) is 0 Å². The summed E-state index contributed by atoms with van der Waals surface area (Å²) in [5.41, 5.74) is 0.0550. The average molecular weight is 322 g/mol. The molecule has 0 heterocycles. The van der Waals surface area contributed by atoms with Crippen LogP contribution in [0.5, 0.6) is 0 Å². The lowest BCUT2D eigenvalue weighted by atomic mass is 10.1. The van der Waals surface area contributed by atoms with Crippen LogP contribution < -0.4 is 0 Å². The number of aliphatic hydroxyl groups excluding tert-OH is 1. The summed E-state index contributed by atoms with van der Waals surface area (Å²) in [6, 6.07) is 5.97. The molecule has 7 heteroatoms. The first-order valence-electron chi connectivity index (χ1n) is 6.86. The highest BCUT2D eigenvalue weighted by molar-refractivity contribution is 6.03. The lowest BCUT2D eigenvalue weighted by Crippen LogP contribution is -2.19. The molecule has 0 aliphatic heterocycles. The highest BCUT2D eigenvalue weighted by atomic mass is 16.6. The molecule has 1 rings (SSSR count). The third-order valence-electron chi connectivity index (χ3n) is 2.55. The second-order valence-corrected chi connectivity index (χ2v) is 4.50. The second kappa shape index (κ2) is 9.37. The fourth-order valence-corrected chi connectivity index (χ4v) is 1.53. The van der Waals surface area contributed by atoms with Gasteiger partial charge in [0.15, 0.2) is 0 Å². The van der Waals surface area contributed by atoms with E-state index >= 15 is 0 Å². The molecule has 0 saturated carbocycles. The summed E-state index contributed by atoms with van der Waals surface area (Å²) in [5, 5.41) is 9.12. The fraction of sp³-hybridized carbons (Fsp3) is 0.312. The highest BCUT2D eigenvalue weighted by Crippen LogP contribution is 2.12. The molecule has 1 aromatic rings. The van der Waals surface area contributed by atoms with E-state index in [1.165, 1.54) is 19.1 Å². The van der Waals surface area contributed by atoms with Crippen molar-refractivity contribution < 1.29 is 33.7 Å². The van der Waals surface area contributed by atoms with Crippen molar-refractivity contribution in [1.29, 1.82) is 0 Å². The molecule has 0 aromatic heterocycles. The summed E-state index contributed by atoms with van der Waals surface area (Å²) in [6.45, 7) is 4.24. The molecule has 1 aromatic carbocycles. The van der Waals surface area contributed by atoms with Crippen LogP contribution in [0.25, 0.3) is 0 Å². The molecule has 23 heavy (non-hydrogen) atoms. The molecule has 0 radical (unpaired) electrons. The van der Waals surface area contributed by atoms with Gasteiger partial charge in [-0.3, -0.25) is 0 Å². The Morgan fingerprint density at radius 3 is 2.13 bits per heavy atom. The first kappa shape index (κ1) is 18.4. The van der Waals surface area contributed by atoms with Gasteiger partial charge in [0.05, 0.1) is 17.2 Å². The van der Waals surface area contributed by atoms with Gasteiger partial charge in [0.25, 0.3) is 0 Å². The molecule has 0 amide bonds. The fourth-order valence-electron chi connectivity index (χ4n) is 1.53. The molecule has 0 fully saturated rings. The third kappa shape index (κ3) is 6.31. The molecule has 124 valence electrons. The summed E-state index contributed by atoms with van der Waals surface area (Å²) in [7, 11) is 0. The van der Waals surface area contributed by atoms with Crippen LogP contribution in [0.1, 0.15) is 27.6 Å². The molecule has 0 spiro atoms. The van der Waals surface area contributed by atoms with Crippen molar-refractivity contribution in [2.75, 3.05) is 19.8 Å². The molecular weight excluding hydrogens is 304 g/mol. The monoisotopic (exact) mass is 322 g/mol. The predicted octanol–water partition coefficient (Wildman–Crippen LogP) is 1.11. The molecule has 0 aliphatic rings. The number of hydrogen-bond donors (Lipinski definition) is 1. The van der Waals surface area contributed by atoms with Gasteiger partial charge in [-0.2, -0.15) is 0 Å². The minimum atomic E-state index is -0.808. The van der Waals surface area contributed by atoms with E-state index in [0.717, 1.165) is 6.08 Å². The van der Waals surface area contributed by atoms with Crippen LogP contribution >= 0.6 is 0 Å². The Kier molecular flexibility index (Phi) is 7.49. The molecule has 1 unspecified atom stereocenters. The maximum atomic E-state index is 12.0. The van der Waals surface area contributed by atoms with Crippen molar-refractivity contribution in [2.45, 2.75) is 13.0 Å². The molecule has 0 aliphatic carbocycles. The topological polar surface area (TPSA) is 99.1 Å². The summed E-state index contributed by atoms with van der Waals surface area (Å²) in [6.07, 6.45) is 0.188. The lowest BCUT2D eigenvalue weighted by molar-refractivity contribution is -0.138. The minimum absolute atomic E-state index is 0.0261. The third-order valence-corrected chi connectivity index (χ3v) is 2.55. The second-order valence-electron chi connectivity index (χ2n) is 4.50. The highest BCUT2D eigenvalue weighted by Gasteiger charge is 2.19. The van der Waals surface area contributed by atoms with E-state index in [9.17, 15) is 14.4 Å². The molecule has 1 N–H and O–H groups in total. The maximum Gasteiger partial charge on any atom is 0.339 e. The Hall–Kier alpha value is -2.67. The van der Waals surface area contributed by atoms with E-state index in [1.807, 2.05) is 0 Å². The molecule has 0 bridgehead atoms. The number of hydrogen-bond acceptors (Lipinski definition) is 7. The van der Waals surface area contributed by atoms with Gasteiger partial charge in [0.2, 0.25) is 0 Å². The molecular formula is C16H18O7. The van der Waals surface area contributed by atoms with Gasteiger partial charge >= 0.3 is 17.9 Å². The zero-order chi connectivity index (χ0) is 17.2. The van der Waals surface area contributed by atoms with Crippen molar-refractivity contribution in [1.82, 2.24) is 0 Å². The number of carbonyl (C=O) groups excluding carboxylic acids is 3. The Bertz CT molecular complexity index is 578. The van der Waals surface area contributed by atoms with Crippen molar-refractivity contribution >= 4 is 17.9 Å². The lowest BCUT2D eigenvalue weighted by Gasteiger charge is -2.10. The summed E-state index contributed by atoms with van der Waals surface area (Å²) >= 11 is 0. The smallest absolute Gasteiger partial charge is 0.339 e. The molecule has 7 nitrogen and oxygen atoms in total. The maximum absolute atomic E-state index is 12.0. The largest absolute Gasteiger partial charge is 0.459 e. The van der Waals surface area contributed by atoms with Crippen LogP contribution in [0.3, 0.4) is 0 Å². The van der Waals surface area contributed by atoms with Crippen LogP contribution in [0.2, 0.25) is 0 Å². The van der Waals surface area contributed by atoms with E-state index in [1.54, 1.807) is 12.1 Å². The summed E-state index contributed by atoms with van der Waals surface area (Å²) in [4.78, 5) is 34.7. The van der Waals surface area contributed by atoms with Crippen molar-refractivity contribution in [2.24, 2.45) is 0 Å². The standard InChI is InChI=1S/C16H18O7/c1-3-14(18)21-8-9-22-15(19)12-6-4-5-7-13(12)16(20)23-10-11(2)17/h3-7,11,17H,1,8-10H2,2H3. The number of esters is 3. The number of carbonyl (C=O) groups is 3. The van der Waals surface area contributed by atoms with Gasteiger partial charge in [-0.05, 0) is 19.1 Å². The summed E-state index contributed by atoms with van der Waals surface area (Å²) in [5.74, 6) is -2.11. The quantitative estimate of drug-likeness (QED) is 0.331. The van der Waals surface area contributed by atoms with E-state index < -0.39 is 24.0 Å². The number of benzene rings is 1. The van der Waals surface area contributed by atoms with Crippen molar-refractivity contribution in [3.8, 4) is 0 Å². The van der Waals surface area contributed by atoms with Gasteiger partial charge in [-0.1, -0.05) is 18.7 Å². The van der Waals surface area contributed by atoms with Crippen LogP contribution in [0.15, 0.2) is 36.9 Å². The number of ether oxygens (including phenoxy) is 3. The van der Waals surface area contributed by atoms with Gasteiger partial charge < -0.3 is 19.3 Å². The Morgan fingerprint density at radius 1 is 1.09 bits per heavy atom. The van der Waals surface area contributed by atoms with E-state index in [2.05, 4.69) is 11.3 Å². The van der Waals surface area contributed by atoms with Crippen LogP contribution in [0.4, 0.5) is 0 Å². The Morgan fingerprint density at radius 2 is 1.61 bits per heavy atom. The van der Waals surface area contributed by atoms with Crippen molar-refractivity contribution in [3.63, 3.8) is 0 Å². The number of rotatable bonds is 8. The Labute approximate surface area is 133 Å².